The summed E-state index contributed by atoms with van der Waals surface area (Å²) < 4.78 is 0. The number of nitrogens with zero attached hydrogens (tertiary/aromatic N) is 2. The number of nitrogens with one attached hydrogen (secondary N) is 1. The minimum atomic E-state index is 0.268. The second kappa shape index (κ2) is 6.29. The third-order valence-corrected chi connectivity index (χ3v) is 5.35. The molecule has 2 saturated heterocycles. The summed E-state index contributed by atoms with van der Waals surface area (Å²) in [4.78, 5) is 7.40. The van der Waals surface area contributed by atoms with Crippen LogP contribution in [0.3, 0.4) is 0 Å². The number of thioether (sulfide) groups is 1. The van der Waals surface area contributed by atoms with Gasteiger partial charge in [0.05, 0.1) is 6.54 Å². The SMILES string of the molecule is CCN1CCCC1CN=C1NC(C)(CC)CCS1. The zero-order valence-corrected chi connectivity index (χ0v) is 12.9. The molecule has 2 aliphatic heterocycles. The Kier molecular flexibility index (Phi) is 4.96. The van der Waals surface area contributed by atoms with Gasteiger partial charge in [-0.15, -0.1) is 0 Å². The normalized spacial score (nSPS) is 35.9. The van der Waals surface area contributed by atoms with Crippen LogP contribution in [-0.4, -0.2) is 47.0 Å². The Labute approximate surface area is 116 Å². The minimum absolute atomic E-state index is 0.268. The maximum absolute atomic E-state index is 4.83. The molecule has 2 rings (SSSR count). The summed E-state index contributed by atoms with van der Waals surface area (Å²) in [5, 5.41) is 4.81. The highest BCUT2D eigenvalue weighted by atomic mass is 32.2. The van der Waals surface area contributed by atoms with E-state index >= 15 is 0 Å². The predicted octanol–water partition coefficient (Wildman–Crippen LogP) is 2.72. The number of likely N-dealkylation sites (tertiary alicyclic amines) is 1. The number of hydrogen-bond donors (Lipinski definition) is 1. The Morgan fingerprint density at radius 2 is 2.33 bits per heavy atom. The largest absolute Gasteiger partial charge is 0.360 e. The Bertz CT molecular complexity index is 305. The Balaban J connectivity index is 1.89. The van der Waals surface area contributed by atoms with Crippen molar-refractivity contribution >= 4 is 16.9 Å². The Hall–Kier alpha value is -0.220. The fourth-order valence-corrected chi connectivity index (χ4v) is 4.02. The maximum atomic E-state index is 4.83. The second-order valence-electron chi connectivity index (χ2n) is 5.71. The molecule has 0 aromatic rings. The maximum Gasteiger partial charge on any atom is 0.157 e. The van der Waals surface area contributed by atoms with E-state index in [4.69, 9.17) is 4.99 Å². The zero-order chi connectivity index (χ0) is 13.0. The van der Waals surface area contributed by atoms with Gasteiger partial charge in [0.25, 0.3) is 0 Å². The van der Waals surface area contributed by atoms with Crippen LogP contribution in [0.2, 0.25) is 0 Å². The molecule has 18 heavy (non-hydrogen) atoms. The van der Waals surface area contributed by atoms with E-state index in [0.29, 0.717) is 6.04 Å². The van der Waals surface area contributed by atoms with E-state index in [0.717, 1.165) is 6.54 Å². The standard InChI is InChI=1S/C14H27N3S/c1-4-14(3)8-10-18-13(16-14)15-11-12-7-6-9-17(12)5-2/h12H,4-11H2,1-3H3,(H,15,16). The van der Waals surface area contributed by atoms with Crippen molar-refractivity contribution < 1.29 is 0 Å². The van der Waals surface area contributed by atoms with E-state index in [1.807, 2.05) is 11.8 Å². The summed E-state index contributed by atoms with van der Waals surface area (Å²) in [6.45, 7) is 10.2. The number of likely N-dealkylation sites (N-methyl/N-ethyl adjacent to an activating group) is 1. The van der Waals surface area contributed by atoms with Crippen LogP contribution in [0.4, 0.5) is 0 Å². The van der Waals surface area contributed by atoms with Crippen molar-refractivity contribution in [3.05, 3.63) is 0 Å². The lowest BCUT2D eigenvalue weighted by Crippen LogP contribution is -2.48. The van der Waals surface area contributed by atoms with Gasteiger partial charge in [-0.2, -0.15) is 0 Å². The summed E-state index contributed by atoms with van der Waals surface area (Å²) in [6, 6.07) is 0.680. The van der Waals surface area contributed by atoms with Crippen LogP contribution in [0.25, 0.3) is 0 Å². The van der Waals surface area contributed by atoms with Crippen LogP contribution >= 0.6 is 11.8 Å². The second-order valence-corrected chi connectivity index (χ2v) is 6.79. The quantitative estimate of drug-likeness (QED) is 0.850. The highest BCUT2D eigenvalue weighted by molar-refractivity contribution is 8.13. The Morgan fingerprint density at radius 1 is 1.50 bits per heavy atom. The Morgan fingerprint density at radius 3 is 3.06 bits per heavy atom. The minimum Gasteiger partial charge on any atom is -0.360 e. The highest BCUT2D eigenvalue weighted by Crippen LogP contribution is 2.25. The predicted molar refractivity (Wildman–Crippen MR) is 81.5 cm³/mol. The van der Waals surface area contributed by atoms with Gasteiger partial charge < -0.3 is 5.32 Å². The number of rotatable bonds is 4. The van der Waals surface area contributed by atoms with Crippen molar-refractivity contribution in [2.45, 2.75) is 58.0 Å². The first-order valence-corrected chi connectivity index (χ1v) is 8.35. The van der Waals surface area contributed by atoms with Crippen molar-refractivity contribution in [2.24, 2.45) is 4.99 Å². The molecule has 0 spiro atoms. The molecular weight excluding hydrogens is 242 g/mol. The van der Waals surface area contributed by atoms with E-state index in [-0.39, 0.29) is 5.54 Å². The molecule has 2 fully saturated rings. The number of amidine groups is 1. The molecule has 0 saturated carbocycles. The molecule has 0 amide bonds. The molecule has 0 aromatic carbocycles. The lowest BCUT2D eigenvalue weighted by molar-refractivity contribution is 0.273. The zero-order valence-electron chi connectivity index (χ0n) is 12.0. The lowest BCUT2D eigenvalue weighted by Gasteiger charge is -2.35. The average Bonchev–Trinajstić information content (AvgIpc) is 2.84. The van der Waals surface area contributed by atoms with E-state index in [1.54, 1.807) is 0 Å². The van der Waals surface area contributed by atoms with Crippen molar-refractivity contribution in [3.8, 4) is 0 Å². The van der Waals surface area contributed by atoms with Crippen molar-refractivity contribution in [3.63, 3.8) is 0 Å². The van der Waals surface area contributed by atoms with Crippen molar-refractivity contribution in [1.29, 1.82) is 0 Å². The molecule has 2 aliphatic rings. The summed E-state index contributed by atoms with van der Waals surface area (Å²) in [6.07, 6.45) is 5.09. The van der Waals surface area contributed by atoms with Gasteiger partial charge in [-0.1, -0.05) is 25.6 Å². The highest BCUT2D eigenvalue weighted by Gasteiger charge is 2.28. The van der Waals surface area contributed by atoms with E-state index in [1.165, 1.54) is 49.7 Å². The summed E-state index contributed by atoms with van der Waals surface area (Å²) >= 11 is 1.89. The third-order valence-electron chi connectivity index (χ3n) is 4.43. The van der Waals surface area contributed by atoms with Gasteiger partial charge in [-0.25, -0.2) is 0 Å². The first kappa shape index (κ1) is 14.2. The molecule has 0 bridgehead atoms. The molecule has 0 aliphatic carbocycles. The molecule has 4 heteroatoms. The fraction of sp³-hybridized carbons (Fsp3) is 0.929. The van der Waals surface area contributed by atoms with Crippen LogP contribution in [0.5, 0.6) is 0 Å². The molecule has 3 nitrogen and oxygen atoms in total. The first-order chi connectivity index (χ1) is 8.67. The molecular formula is C14H27N3S. The van der Waals surface area contributed by atoms with Gasteiger partial charge in [-0.05, 0) is 45.7 Å². The number of aliphatic imine (C=N–C) groups is 1. The molecule has 2 unspecified atom stereocenters. The van der Waals surface area contributed by atoms with Crippen LogP contribution in [0.1, 0.15) is 46.5 Å². The van der Waals surface area contributed by atoms with Crippen LogP contribution in [-0.2, 0) is 0 Å². The summed E-state index contributed by atoms with van der Waals surface area (Å²) in [5.74, 6) is 1.21. The van der Waals surface area contributed by atoms with Gasteiger partial charge in [0.2, 0.25) is 0 Å². The fourth-order valence-electron chi connectivity index (χ4n) is 2.79. The molecule has 1 N–H and O–H groups in total. The molecule has 0 aromatic heterocycles. The van der Waals surface area contributed by atoms with Gasteiger partial charge in [-0.3, -0.25) is 9.89 Å². The van der Waals surface area contributed by atoms with E-state index < -0.39 is 0 Å². The molecule has 0 radical (unpaired) electrons. The third kappa shape index (κ3) is 3.41. The van der Waals surface area contributed by atoms with Gasteiger partial charge >= 0.3 is 0 Å². The lowest BCUT2D eigenvalue weighted by atomic mass is 9.96. The van der Waals surface area contributed by atoms with Crippen molar-refractivity contribution in [1.82, 2.24) is 10.2 Å². The van der Waals surface area contributed by atoms with Crippen LogP contribution < -0.4 is 5.32 Å². The summed E-state index contributed by atoms with van der Waals surface area (Å²) in [7, 11) is 0. The van der Waals surface area contributed by atoms with Gasteiger partial charge in [0, 0.05) is 17.3 Å². The average molecular weight is 269 g/mol. The van der Waals surface area contributed by atoms with Crippen LogP contribution in [0.15, 0.2) is 4.99 Å². The number of hydrogen-bond acceptors (Lipinski definition) is 3. The van der Waals surface area contributed by atoms with E-state index in [9.17, 15) is 0 Å². The molecule has 2 atom stereocenters. The van der Waals surface area contributed by atoms with E-state index in [2.05, 4.69) is 31.0 Å². The molecule has 2 heterocycles. The monoisotopic (exact) mass is 269 g/mol. The molecule has 104 valence electrons. The smallest absolute Gasteiger partial charge is 0.157 e. The van der Waals surface area contributed by atoms with Crippen LogP contribution in [0, 0.1) is 0 Å². The van der Waals surface area contributed by atoms with Gasteiger partial charge in [0.1, 0.15) is 0 Å². The summed E-state index contributed by atoms with van der Waals surface area (Å²) in [5.41, 5.74) is 0.268. The topological polar surface area (TPSA) is 27.6 Å². The van der Waals surface area contributed by atoms with Crippen molar-refractivity contribution in [2.75, 3.05) is 25.4 Å². The first-order valence-electron chi connectivity index (χ1n) is 7.36. The van der Waals surface area contributed by atoms with Gasteiger partial charge in [0.15, 0.2) is 5.17 Å².